The zero-order chi connectivity index (χ0) is 23.0. The summed E-state index contributed by atoms with van der Waals surface area (Å²) in [4.78, 5) is 25.8. The van der Waals surface area contributed by atoms with E-state index in [1.165, 1.54) is 64.2 Å². The number of piperidine rings is 1. The van der Waals surface area contributed by atoms with Crippen LogP contribution < -0.4 is 4.74 Å². The Morgan fingerprint density at radius 2 is 1.47 bits per heavy atom. The molecule has 1 aromatic rings. The monoisotopic (exact) mass is 449 g/mol. The molecule has 2 heterocycles. The number of unbranched alkanes of at least 4 members (excludes halogenated alkanes) is 11. The molecule has 1 aromatic heterocycles. The minimum atomic E-state index is -1.16. The molecule has 0 bridgehead atoms. The van der Waals surface area contributed by atoms with Crippen LogP contribution in [-0.4, -0.2) is 41.6 Å². The number of likely N-dealkylation sites (tertiary alicyclic amines) is 1. The smallest absolute Gasteiger partial charge is 0.372 e. The van der Waals surface area contributed by atoms with Crippen molar-refractivity contribution in [1.29, 1.82) is 0 Å². The van der Waals surface area contributed by atoms with Crippen molar-refractivity contribution >= 4 is 11.9 Å². The lowest BCUT2D eigenvalue weighted by atomic mass is 10.1. The Bertz CT molecular complexity index is 663. The van der Waals surface area contributed by atoms with E-state index in [-0.39, 0.29) is 24.0 Å². The molecule has 32 heavy (non-hydrogen) atoms. The molecule has 1 aliphatic heterocycles. The Morgan fingerprint density at radius 1 is 0.906 bits per heavy atom. The molecule has 0 unspecified atom stereocenters. The van der Waals surface area contributed by atoms with E-state index in [9.17, 15) is 14.7 Å². The first-order chi connectivity index (χ1) is 15.6. The van der Waals surface area contributed by atoms with E-state index < -0.39 is 5.97 Å². The van der Waals surface area contributed by atoms with Crippen molar-refractivity contribution < 1.29 is 23.8 Å². The van der Waals surface area contributed by atoms with Gasteiger partial charge in [-0.15, -0.1) is 0 Å². The van der Waals surface area contributed by atoms with Crippen LogP contribution in [0.15, 0.2) is 10.5 Å². The molecule has 0 saturated carbocycles. The molecular formula is C26H43NO5. The van der Waals surface area contributed by atoms with Crippen molar-refractivity contribution in [2.24, 2.45) is 0 Å². The number of carboxylic acid groups (broad SMARTS) is 1. The lowest BCUT2D eigenvalue weighted by Crippen LogP contribution is -2.36. The minimum absolute atomic E-state index is 0.0412. The van der Waals surface area contributed by atoms with Crippen LogP contribution in [0.1, 0.15) is 119 Å². The van der Waals surface area contributed by atoms with Gasteiger partial charge in [0.1, 0.15) is 0 Å². The third kappa shape index (κ3) is 10.1. The summed E-state index contributed by atoms with van der Waals surface area (Å²) in [6.07, 6.45) is 18.5. The molecule has 0 spiro atoms. The van der Waals surface area contributed by atoms with E-state index >= 15 is 0 Å². The molecule has 1 saturated heterocycles. The molecule has 1 amide bonds. The summed E-state index contributed by atoms with van der Waals surface area (Å²) in [5.41, 5.74) is 0.401. The van der Waals surface area contributed by atoms with Gasteiger partial charge in [-0.1, -0.05) is 77.6 Å². The quantitative estimate of drug-likeness (QED) is 0.271. The average Bonchev–Trinajstić information content (AvgIpc) is 3.20. The number of amides is 1. The third-order valence-electron chi connectivity index (χ3n) is 6.27. The van der Waals surface area contributed by atoms with Gasteiger partial charge in [0, 0.05) is 24.7 Å². The molecule has 6 nitrogen and oxygen atoms in total. The van der Waals surface area contributed by atoms with Gasteiger partial charge in [-0.25, -0.2) is 4.79 Å². The van der Waals surface area contributed by atoms with Crippen molar-refractivity contribution in [2.75, 3.05) is 19.7 Å². The van der Waals surface area contributed by atoms with E-state index in [4.69, 9.17) is 9.15 Å². The lowest BCUT2D eigenvalue weighted by Gasteiger charge is -2.26. The molecular weight excluding hydrogens is 406 g/mol. The molecule has 0 aromatic carbocycles. The van der Waals surface area contributed by atoms with E-state index in [0.717, 1.165) is 45.2 Å². The highest BCUT2D eigenvalue weighted by Gasteiger charge is 2.24. The molecule has 1 fully saturated rings. The van der Waals surface area contributed by atoms with E-state index in [0.29, 0.717) is 12.2 Å². The largest absolute Gasteiger partial charge is 0.475 e. The number of aromatic carboxylic acids is 1. The number of hydrogen-bond donors (Lipinski definition) is 1. The number of nitrogens with zero attached hydrogens (tertiary/aromatic N) is 1. The van der Waals surface area contributed by atoms with Crippen molar-refractivity contribution in [1.82, 2.24) is 4.90 Å². The second kappa shape index (κ2) is 15.8. The highest BCUT2D eigenvalue weighted by molar-refractivity contribution is 5.89. The highest BCUT2D eigenvalue weighted by atomic mass is 16.6. The van der Waals surface area contributed by atoms with Crippen molar-refractivity contribution in [3.05, 3.63) is 17.4 Å². The summed E-state index contributed by atoms with van der Waals surface area (Å²) < 4.78 is 11.0. The van der Waals surface area contributed by atoms with Gasteiger partial charge in [-0.05, 0) is 25.7 Å². The van der Waals surface area contributed by atoms with Gasteiger partial charge in [0.15, 0.2) is 0 Å². The number of hydrogen-bond acceptors (Lipinski definition) is 4. The molecule has 1 aliphatic rings. The van der Waals surface area contributed by atoms with Gasteiger partial charge >= 0.3 is 5.97 Å². The van der Waals surface area contributed by atoms with Crippen LogP contribution in [0.3, 0.4) is 0 Å². The van der Waals surface area contributed by atoms with Gasteiger partial charge < -0.3 is 19.2 Å². The predicted molar refractivity (Wildman–Crippen MR) is 126 cm³/mol. The molecule has 2 rings (SSSR count). The van der Waals surface area contributed by atoms with Crippen molar-refractivity contribution in [3.8, 4) is 5.95 Å². The fourth-order valence-corrected chi connectivity index (χ4v) is 4.32. The fourth-order valence-electron chi connectivity index (χ4n) is 4.32. The van der Waals surface area contributed by atoms with Crippen molar-refractivity contribution in [3.63, 3.8) is 0 Å². The first kappa shape index (κ1) is 26.3. The first-order valence-corrected chi connectivity index (χ1v) is 12.9. The fraction of sp³-hybridized carbons (Fsp3) is 0.769. The maximum absolute atomic E-state index is 12.5. The Labute approximate surface area is 193 Å². The Balaban J connectivity index is 1.59. The zero-order valence-corrected chi connectivity index (χ0v) is 20.0. The second-order valence-electron chi connectivity index (χ2n) is 9.08. The number of carbonyl (C=O) groups is 2. The van der Waals surface area contributed by atoms with Crippen LogP contribution in [0.5, 0.6) is 5.95 Å². The molecule has 0 atom stereocenters. The number of carboxylic acids is 1. The molecule has 182 valence electrons. The van der Waals surface area contributed by atoms with Gasteiger partial charge in [-0.3, -0.25) is 4.79 Å². The van der Waals surface area contributed by atoms with Crippen LogP contribution in [-0.2, 0) is 11.2 Å². The highest BCUT2D eigenvalue weighted by Crippen LogP contribution is 2.24. The zero-order valence-electron chi connectivity index (χ0n) is 20.0. The third-order valence-corrected chi connectivity index (χ3v) is 6.27. The number of ether oxygens (including phenoxy) is 1. The maximum Gasteiger partial charge on any atom is 0.372 e. The van der Waals surface area contributed by atoms with Crippen LogP contribution in [0.2, 0.25) is 0 Å². The van der Waals surface area contributed by atoms with Crippen LogP contribution in [0.4, 0.5) is 0 Å². The number of furan rings is 1. The van der Waals surface area contributed by atoms with Crippen molar-refractivity contribution in [2.45, 2.75) is 110 Å². The maximum atomic E-state index is 12.5. The standard InChI is InChI=1S/C26H43NO5/c1-2-3-4-5-6-7-8-9-10-11-12-16-19-31-24-21-22(25(32-24)26(29)30)20-23(28)27-17-14-13-15-18-27/h21H,2-20H2,1H3,(H,29,30). The summed E-state index contributed by atoms with van der Waals surface area (Å²) >= 11 is 0. The predicted octanol–water partition coefficient (Wildman–Crippen LogP) is 6.61. The SMILES string of the molecule is CCCCCCCCCCCCCCOc1cc(CC(=O)N2CCCCC2)c(C(=O)O)o1. The van der Waals surface area contributed by atoms with Gasteiger partial charge in [0.2, 0.25) is 11.7 Å². The molecule has 0 aliphatic carbocycles. The minimum Gasteiger partial charge on any atom is -0.475 e. The van der Waals surface area contributed by atoms with Gasteiger partial charge in [0.25, 0.3) is 5.95 Å². The van der Waals surface area contributed by atoms with Crippen LogP contribution in [0, 0.1) is 0 Å². The van der Waals surface area contributed by atoms with Crippen LogP contribution in [0.25, 0.3) is 0 Å². The number of carbonyl (C=O) groups excluding carboxylic acids is 1. The topological polar surface area (TPSA) is 80.0 Å². The molecule has 1 N–H and O–H groups in total. The van der Waals surface area contributed by atoms with Crippen LogP contribution >= 0.6 is 0 Å². The summed E-state index contributed by atoms with van der Waals surface area (Å²) in [5, 5.41) is 9.41. The van der Waals surface area contributed by atoms with Gasteiger partial charge in [-0.2, -0.15) is 0 Å². The molecule has 0 radical (unpaired) electrons. The Kier molecular flexibility index (Phi) is 12.9. The normalized spacial score (nSPS) is 14.0. The number of rotatable bonds is 17. The summed E-state index contributed by atoms with van der Waals surface area (Å²) in [6.45, 7) is 4.26. The lowest BCUT2D eigenvalue weighted by molar-refractivity contribution is -0.131. The Morgan fingerprint density at radius 3 is 2.03 bits per heavy atom. The van der Waals surface area contributed by atoms with Gasteiger partial charge in [0.05, 0.1) is 13.0 Å². The molecule has 6 heteroatoms. The van der Waals surface area contributed by atoms with E-state index in [2.05, 4.69) is 6.92 Å². The van der Waals surface area contributed by atoms with E-state index in [1.54, 1.807) is 6.07 Å². The summed E-state index contributed by atoms with van der Waals surface area (Å²) in [7, 11) is 0. The van der Waals surface area contributed by atoms with E-state index in [1.807, 2.05) is 4.90 Å². The summed E-state index contributed by atoms with van der Waals surface area (Å²) in [6, 6.07) is 1.58. The Hall–Kier alpha value is -1.98. The summed E-state index contributed by atoms with van der Waals surface area (Å²) in [5.74, 6) is -1.18. The first-order valence-electron chi connectivity index (χ1n) is 12.9. The average molecular weight is 450 g/mol. The second-order valence-corrected chi connectivity index (χ2v) is 9.08.